The Morgan fingerprint density at radius 1 is 1.08 bits per heavy atom. The van der Waals surface area contributed by atoms with E-state index >= 15 is 0 Å². The molecule has 1 aromatic carbocycles. The summed E-state index contributed by atoms with van der Waals surface area (Å²) in [6, 6.07) is 6.31. The van der Waals surface area contributed by atoms with Crippen molar-refractivity contribution < 1.29 is 0 Å². The molecule has 1 nitrogen and oxygen atoms in total. The molecule has 62 valence electrons. The number of fused-ring (bicyclic) bond motifs is 1. The van der Waals surface area contributed by atoms with Gasteiger partial charge in [0.15, 0.2) is 0 Å². The molecule has 0 unspecified atom stereocenters. The van der Waals surface area contributed by atoms with Crippen molar-refractivity contribution in [3.05, 3.63) is 32.8 Å². The van der Waals surface area contributed by atoms with Crippen molar-refractivity contribution in [3.8, 4) is 0 Å². The molecule has 0 aliphatic rings. The number of benzene rings is 1. The fourth-order valence-corrected chi connectivity index (χ4v) is 1.98. The van der Waals surface area contributed by atoms with Gasteiger partial charge in [0, 0.05) is 25.5 Å². The van der Waals surface area contributed by atoms with Crippen LogP contribution in [0.4, 0.5) is 0 Å². The highest BCUT2D eigenvalue weighted by atomic mass is 79.9. The lowest BCUT2D eigenvalue weighted by Crippen LogP contribution is -1.71. The van der Waals surface area contributed by atoms with E-state index in [2.05, 4.69) is 62.0 Å². The summed E-state index contributed by atoms with van der Waals surface area (Å²) in [5.74, 6) is 0. The minimum absolute atomic E-state index is 1.08. The molecule has 0 amide bonds. The molecular weight excluding hydrogens is 282 g/mol. The normalized spacial score (nSPS) is 10.9. The Bertz CT molecular complexity index is 392. The molecule has 0 aliphatic heterocycles. The second-order valence-electron chi connectivity index (χ2n) is 2.81. The molecule has 1 aromatic heterocycles. The van der Waals surface area contributed by atoms with Gasteiger partial charge in [-0.1, -0.05) is 0 Å². The van der Waals surface area contributed by atoms with Crippen LogP contribution in [0.5, 0.6) is 0 Å². The van der Waals surface area contributed by atoms with Crippen molar-refractivity contribution in [2.75, 3.05) is 0 Å². The van der Waals surface area contributed by atoms with Gasteiger partial charge >= 0.3 is 0 Å². The molecule has 0 atom stereocenters. The Morgan fingerprint density at radius 3 is 2.50 bits per heavy atom. The van der Waals surface area contributed by atoms with E-state index in [1.165, 1.54) is 16.6 Å². The SMILES string of the molecule is Cc1cc2cc(Br)c(Br)cc2[nH]1. The Hall–Kier alpha value is -0.280. The third kappa shape index (κ3) is 1.31. The lowest BCUT2D eigenvalue weighted by Gasteiger charge is -1.95. The summed E-state index contributed by atoms with van der Waals surface area (Å²) in [6.07, 6.45) is 0. The fraction of sp³-hybridized carbons (Fsp3) is 0.111. The number of H-pyrrole nitrogens is 1. The van der Waals surface area contributed by atoms with E-state index in [4.69, 9.17) is 0 Å². The highest BCUT2D eigenvalue weighted by Gasteiger charge is 2.01. The molecule has 1 N–H and O–H groups in total. The zero-order chi connectivity index (χ0) is 8.72. The van der Waals surface area contributed by atoms with Gasteiger partial charge < -0.3 is 4.98 Å². The molecule has 0 aliphatic carbocycles. The van der Waals surface area contributed by atoms with Crippen LogP contribution >= 0.6 is 31.9 Å². The van der Waals surface area contributed by atoms with Gasteiger partial charge in [0.05, 0.1) is 0 Å². The van der Waals surface area contributed by atoms with Gasteiger partial charge in [-0.15, -0.1) is 0 Å². The van der Waals surface area contributed by atoms with Crippen molar-refractivity contribution in [1.82, 2.24) is 4.98 Å². The molecule has 0 saturated heterocycles. The van der Waals surface area contributed by atoms with Gasteiger partial charge in [-0.3, -0.25) is 0 Å². The highest BCUT2D eigenvalue weighted by Crippen LogP contribution is 2.28. The van der Waals surface area contributed by atoms with Crippen LogP contribution in [-0.4, -0.2) is 4.98 Å². The van der Waals surface area contributed by atoms with E-state index in [-0.39, 0.29) is 0 Å². The van der Waals surface area contributed by atoms with Crippen LogP contribution in [0.3, 0.4) is 0 Å². The molecule has 2 rings (SSSR count). The Kier molecular flexibility index (Phi) is 2.00. The maximum absolute atomic E-state index is 3.46. The topological polar surface area (TPSA) is 15.8 Å². The van der Waals surface area contributed by atoms with Gasteiger partial charge in [-0.05, 0) is 57.0 Å². The molecule has 0 bridgehead atoms. The van der Waals surface area contributed by atoms with Crippen LogP contribution in [-0.2, 0) is 0 Å². The first-order valence-electron chi connectivity index (χ1n) is 3.61. The third-order valence-electron chi connectivity index (χ3n) is 1.80. The highest BCUT2D eigenvalue weighted by molar-refractivity contribution is 9.13. The zero-order valence-corrected chi connectivity index (χ0v) is 9.66. The summed E-state index contributed by atoms with van der Waals surface area (Å²) in [7, 11) is 0. The molecule has 1 heterocycles. The van der Waals surface area contributed by atoms with Crippen molar-refractivity contribution in [2.45, 2.75) is 6.92 Å². The Morgan fingerprint density at radius 2 is 1.75 bits per heavy atom. The molecular formula is C9H7Br2N. The van der Waals surface area contributed by atoms with Crippen LogP contribution in [0.2, 0.25) is 0 Å². The van der Waals surface area contributed by atoms with E-state index in [1.807, 2.05) is 0 Å². The molecule has 0 fully saturated rings. The van der Waals surface area contributed by atoms with E-state index < -0.39 is 0 Å². The summed E-state index contributed by atoms with van der Waals surface area (Å²) in [5, 5.41) is 1.24. The smallest absolute Gasteiger partial charge is 0.0468 e. The Balaban J connectivity index is 2.83. The summed E-state index contributed by atoms with van der Waals surface area (Å²) in [6.45, 7) is 2.06. The molecule has 2 aromatic rings. The van der Waals surface area contributed by atoms with E-state index in [9.17, 15) is 0 Å². The second-order valence-corrected chi connectivity index (χ2v) is 4.51. The summed E-state index contributed by atoms with van der Waals surface area (Å²) >= 11 is 6.92. The van der Waals surface area contributed by atoms with E-state index in [0.717, 1.165) is 8.95 Å². The van der Waals surface area contributed by atoms with Gasteiger partial charge in [0.1, 0.15) is 0 Å². The van der Waals surface area contributed by atoms with Crippen molar-refractivity contribution >= 4 is 42.8 Å². The standard InChI is InChI=1S/C9H7Br2N/c1-5-2-6-3-7(10)8(11)4-9(6)12-5/h2-4,12H,1H3. The van der Waals surface area contributed by atoms with Gasteiger partial charge in [0.2, 0.25) is 0 Å². The number of aryl methyl sites for hydroxylation is 1. The average Bonchev–Trinajstić information content (AvgIpc) is 2.30. The average molecular weight is 289 g/mol. The van der Waals surface area contributed by atoms with Gasteiger partial charge in [0.25, 0.3) is 0 Å². The quantitative estimate of drug-likeness (QED) is 0.754. The number of halogens is 2. The number of aromatic amines is 1. The van der Waals surface area contributed by atoms with Crippen molar-refractivity contribution in [2.24, 2.45) is 0 Å². The van der Waals surface area contributed by atoms with Crippen LogP contribution in [0, 0.1) is 6.92 Å². The number of aromatic nitrogens is 1. The number of hydrogen-bond acceptors (Lipinski definition) is 0. The van der Waals surface area contributed by atoms with Gasteiger partial charge in [-0.2, -0.15) is 0 Å². The maximum Gasteiger partial charge on any atom is 0.0468 e. The van der Waals surface area contributed by atoms with Crippen LogP contribution in [0.25, 0.3) is 10.9 Å². The summed E-state index contributed by atoms with van der Waals surface area (Å²) in [4.78, 5) is 3.28. The third-order valence-corrected chi connectivity index (χ3v) is 3.64. The Labute approximate surface area is 87.4 Å². The molecule has 3 heteroatoms. The lowest BCUT2D eigenvalue weighted by molar-refractivity contribution is 1.30. The van der Waals surface area contributed by atoms with Crippen LogP contribution in [0.1, 0.15) is 5.69 Å². The molecule has 12 heavy (non-hydrogen) atoms. The molecule has 0 spiro atoms. The molecule has 0 saturated carbocycles. The zero-order valence-electron chi connectivity index (χ0n) is 6.49. The first-order chi connectivity index (χ1) is 5.66. The van der Waals surface area contributed by atoms with E-state index in [0.29, 0.717) is 0 Å². The van der Waals surface area contributed by atoms with Gasteiger partial charge in [-0.25, -0.2) is 0 Å². The minimum Gasteiger partial charge on any atom is -0.359 e. The number of rotatable bonds is 0. The predicted octanol–water partition coefficient (Wildman–Crippen LogP) is 4.00. The number of nitrogens with one attached hydrogen (secondary N) is 1. The first-order valence-corrected chi connectivity index (χ1v) is 5.20. The second kappa shape index (κ2) is 2.89. The predicted molar refractivity (Wildman–Crippen MR) is 58.4 cm³/mol. The first kappa shape index (κ1) is 8.32. The van der Waals surface area contributed by atoms with Crippen LogP contribution < -0.4 is 0 Å². The van der Waals surface area contributed by atoms with Crippen LogP contribution in [0.15, 0.2) is 27.1 Å². The monoisotopic (exact) mass is 287 g/mol. The lowest BCUT2D eigenvalue weighted by atomic mass is 10.2. The van der Waals surface area contributed by atoms with E-state index in [1.54, 1.807) is 0 Å². The maximum atomic E-state index is 3.46. The largest absolute Gasteiger partial charge is 0.359 e. The molecule has 0 radical (unpaired) electrons. The number of hydrogen-bond donors (Lipinski definition) is 1. The summed E-state index contributed by atoms with van der Waals surface area (Å²) < 4.78 is 2.17. The van der Waals surface area contributed by atoms with Crippen molar-refractivity contribution in [3.63, 3.8) is 0 Å². The summed E-state index contributed by atoms with van der Waals surface area (Å²) in [5.41, 5.74) is 2.36. The minimum atomic E-state index is 1.08. The fourth-order valence-electron chi connectivity index (χ4n) is 1.27. The van der Waals surface area contributed by atoms with Crippen molar-refractivity contribution in [1.29, 1.82) is 0 Å².